The third kappa shape index (κ3) is 5.68. The van der Waals surface area contributed by atoms with E-state index in [1.807, 2.05) is 0 Å². The molecule has 0 radical (unpaired) electrons. The van der Waals surface area contributed by atoms with E-state index in [1.165, 1.54) is 32.4 Å². The van der Waals surface area contributed by atoms with Crippen LogP contribution in [0.4, 0.5) is 0 Å². The van der Waals surface area contributed by atoms with Gasteiger partial charge in [-0.2, -0.15) is 0 Å². The molecular formula is C15H33N3. The Labute approximate surface area is 114 Å². The van der Waals surface area contributed by atoms with E-state index >= 15 is 0 Å². The highest BCUT2D eigenvalue weighted by atomic mass is 15.2. The van der Waals surface area contributed by atoms with Crippen molar-refractivity contribution in [1.82, 2.24) is 15.1 Å². The SMILES string of the molecule is CC(C)CCNCC(C)N1CCCC1CN(C)C. The fourth-order valence-electron chi connectivity index (χ4n) is 2.87. The standard InChI is InChI=1S/C15H33N3/c1-13(2)8-9-16-11-14(3)18-10-6-7-15(18)12-17(4)5/h13-16H,6-12H2,1-5H3. The summed E-state index contributed by atoms with van der Waals surface area (Å²) in [6, 6.07) is 1.44. The van der Waals surface area contributed by atoms with Gasteiger partial charge in [-0.3, -0.25) is 4.90 Å². The molecule has 2 unspecified atom stereocenters. The lowest BCUT2D eigenvalue weighted by molar-refractivity contribution is 0.159. The lowest BCUT2D eigenvalue weighted by Gasteiger charge is -2.32. The maximum absolute atomic E-state index is 3.61. The maximum atomic E-state index is 3.61. The van der Waals surface area contributed by atoms with E-state index < -0.39 is 0 Å². The van der Waals surface area contributed by atoms with Crippen LogP contribution in [0.25, 0.3) is 0 Å². The van der Waals surface area contributed by atoms with Crippen molar-refractivity contribution in [2.24, 2.45) is 5.92 Å². The molecule has 0 amide bonds. The third-order valence-electron chi connectivity index (χ3n) is 3.90. The predicted octanol–water partition coefficient (Wildman–Crippen LogP) is 2.04. The zero-order valence-electron chi connectivity index (χ0n) is 13.1. The van der Waals surface area contributed by atoms with Crippen LogP contribution in [0.5, 0.6) is 0 Å². The van der Waals surface area contributed by atoms with Gasteiger partial charge in [-0.05, 0) is 59.3 Å². The van der Waals surface area contributed by atoms with Crippen LogP contribution in [0.15, 0.2) is 0 Å². The number of likely N-dealkylation sites (tertiary alicyclic amines) is 1. The van der Waals surface area contributed by atoms with E-state index in [1.54, 1.807) is 0 Å². The summed E-state index contributed by atoms with van der Waals surface area (Å²) in [5.41, 5.74) is 0. The highest BCUT2D eigenvalue weighted by Gasteiger charge is 2.28. The van der Waals surface area contributed by atoms with Crippen molar-refractivity contribution >= 4 is 0 Å². The normalized spacial score (nSPS) is 23.2. The van der Waals surface area contributed by atoms with Gasteiger partial charge in [0.2, 0.25) is 0 Å². The van der Waals surface area contributed by atoms with Crippen molar-refractivity contribution in [3.8, 4) is 0 Å². The second-order valence-electron chi connectivity index (χ2n) is 6.53. The van der Waals surface area contributed by atoms with Gasteiger partial charge in [-0.1, -0.05) is 13.8 Å². The lowest BCUT2D eigenvalue weighted by atomic mass is 10.1. The van der Waals surface area contributed by atoms with Gasteiger partial charge in [0, 0.05) is 25.2 Å². The summed E-state index contributed by atoms with van der Waals surface area (Å²) >= 11 is 0. The molecule has 3 nitrogen and oxygen atoms in total. The molecule has 2 atom stereocenters. The van der Waals surface area contributed by atoms with E-state index in [0.717, 1.165) is 25.0 Å². The zero-order chi connectivity index (χ0) is 13.5. The van der Waals surface area contributed by atoms with Crippen LogP contribution >= 0.6 is 0 Å². The molecule has 1 heterocycles. The fourth-order valence-corrected chi connectivity index (χ4v) is 2.87. The van der Waals surface area contributed by atoms with Crippen LogP contribution < -0.4 is 5.32 Å². The van der Waals surface area contributed by atoms with Crippen molar-refractivity contribution in [3.05, 3.63) is 0 Å². The van der Waals surface area contributed by atoms with Crippen LogP contribution in [0.1, 0.15) is 40.0 Å². The van der Waals surface area contributed by atoms with Crippen molar-refractivity contribution < 1.29 is 0 Å². The average molecular weight is 255 g/mol. The summed E-state index contributed by atoms with van der Waals surface area (Å²) in [4.78, 5) is 5.02. The first kappa shape index (κ1) is 15.9. The minimum atomic E-state index is 0.671. The highest BCUT2D eigenvalue weighted by Crippen LogP contribution is 2.20. The predicted molar refractivity (Wildman–Crippen MR) is 80.1 cm³/mol. The van der Waals surface area contributed by atoms with Crippen LogP contribution in [0, 0.1) is 5.92 Å². The molecule has 1 aliphatic heterocycles. The zero-order valence-corrected chi connectivity index (χ0v) is 13.1. The molecule has 0 aromatic rings. The summed E-state index contributed by atoms with van der Waals surface area (Å²) in [5.74, 6) is 0.807. The third-order valence-corrected chi connectivity index (χ3v) is 3.90. The molecular weight excluding hydrogens is 222 g/mol. The first-order valence-electron chi connectivity index (χ1n) is 7.62. The number of hydrogen-bond donors (Lipinski definition) is 1. The molecule has 0 spiro atoms. The number of rotatable bonds is 8. The van der Waals surface area contributed by atoms with Gasteiger partial charge in [-0.15, -0.1) is 0 Å². The van der Waals surface area contributed by atoms with Crippen LogP contribution in [-0.2, 0) is 0 Å². The van der Waals surface area contributed by atoms with E-state index in [-0.39, 0.29) is 0 Å². The van der Waals surface area contributed by atoms with Gasteiger partial charge >= 0.3 is 0 Å². The van der Waals surface area contributed by atoms with E-state index in [4.69, 9.17) is 0 Å². The fraction of sp³-hybridized carbons (Fsp3) is 1.00. The average Bonchev–Trinajstić information content (AvgIpc) is 2.71. The number of likely N-dealkylation sites (N-methyl/N-ethyl adjacent to an activating group) is 1. The van der Waals surface area contributed by atoms with Crippen molar-refractivity contribution in [2.75, 3.05) is 40.3 Å². The first-order chi connectivity index (χ1) is 8.50. The van der Waals surface area contributed by atoms with Crippen LogP contribution in [-0.4, -0.2) is 62.2 Å². The molecule has 0 saturated carbocycles. The topological polar surface area (TPSA) is 18.5 Å². The minimum Gasteiger partial charge on any atom is -0.315 e. The highest BCUT2D eigenvalue weighted by molar-refractivity contribution is 4.85. The van der Waals surface area contributed by atoms with Crippen LogP contribution in [0.2, 0.25) is 0 Å². The first-order valence-corrected chi connectivity index (χ1v) is 7.62. The van der Waals surface area contributed by atoms with E-state index in [0.29, 0.717) is 6.04 Å². The van der Waals surface area contributed by atoms with E-state index in [2.05, 4.69) is 50.0 Å². The number of nitrogens with one attached hydrogen (secondary N) is 1. The summed E-state index contributed by atoms with van der Waals surface area (Å²) in [6.07, 6.45) is 4.03. The molecule has 1 N–H and O–H groups in total. The van der Waals surface area contributed by atoms with Gasteiger partial charge in [-0.25, -0.2) is 0 Å². The Balaban J connectivity index is 2.24. The van der Waals surface area contributed by atoms with E-state index in [9.17, 15) is 0 Å². The molecule has 1 aliphatic rings. The van der Waals surface area contributed by atoms with Gasteiger partial charge in [0.25, 0.3) is 0 Å². The van der Waals surface area contributed by atoms with Crippen molar-refractivity contribution in [3.63, 3.8) is 0 Å². The molecule has 3 heteroatoms. The molecule has 1 rings (SSSR count). The molecule has 108 valence electrons. The Kier molecular flexibility index (Phi) is 7.20. The van der Waals surface area contributed by atoms with Crippen molar-refractivity contribution in [1.29, 1.82) is 0 Å². The Morgan fingerprint density at radius 3 is 2.61 bits per heavy atom. The summed E-state index contributed by atoms with van der Waals surface area (Å²) in [7, 11) is 4.37. The largest absolute Gasteiger partial charge is 0.315 e. The molecule has 1 fully saturated rings. The Bertz CT molecular complexity index is 216. The quantitative estimate of drug-likeness (QED) is 0.670. The molecule has 0 bridgehead atoms. The number of hydrogen-bond acceptors (Lipinski definition) is 3. The Morgan fingerprint density at radius 2 is 2.00 bits per heavy atom. The minimum absolute atomic E-state index is 0.671. The molecule has 0 aromatic heterocycles. The monoisotopic (exact) mass is 255 g/mol. The number of nitrogens with zero attached hydrogens (tertiary/aromatic N) is 2. The van der Waals surface area contributed by atoms with Gasteiger partial charge in [0.15, 0.2) is 0 Å². The second kappa shape index (κ2) is 8.13. The van der Waals surface area contributed by atoms with Gasteiger partial charge in [0.1, 0.15) is 0 Å². The molecule has 0 aliphatic carbocycles. The van der Waals surface area contributed by atoms with Crippen molar-refractivity contribution in [2.45, 2.75) is 52.1 Å². The smallest absolute Gasteiger partial charge is 0.0226 e. The van der Waals surface area contributed by atoms with Gasteiger partial charge in [0.05, 0.1) is 0 Å². The second-order valence-corrected chi connectivity index (χ2v) is 6.53. The molecule has 0 aromatic carbocycles. The summed E-state index contributed by atoms with van der Waals surface area (Å²) in [5, 5.41) is 3.61. The molecule has 18 heavy (non-hydrogen) atoms. The Morgan fingerprint density at radius 1 is 1.28 bits per heavy atom. The van der Waals surface area contributed by atoms with Gasteiger partial charge < -0.3 is 10.2 Å². The Hall–Kier alpha value is -0.120. The summed E-state index contributed by atoms with van der Waals surface area (Å²) in [6.45, 7) is 11.7. The van der Waals surface area contributed by atoms with Crippen LogP contribution in [0.3, 0.4) is 0 Å². The molecule has 1 saturated heterocycles. The maximum Gasteiger partial charge on any atom is 0.0226 e. The lowest BCUT2D eigenvalue weighted by Crippen LogP contribution is -2.46. The summed E-state index contributed by atoms with van der Waals surface area (Å²) < 4.78 is 0.